The number of fused-ring (bicyclic) bond motifs is 4. The molecule has 11 heteroatoms. The van der Waals surface area contributed by atoms with Gasteiger partial charge >= 0.3 is 12.1 Å². The third-order valence-electron chi connectivity index (χ3n) is 10.5. The number of aromatic nitrogens is 1. The van der Waals surface area contributed by atoms with Crippen LogP contribution in [0, 0.1) is 16.7 Å². The summed E-state index contributed by atoms with van der Waals surface area (Å²) in [6.07, 6.45) is -2.72. The Bertz CT molecular complexity index is 1620. The number of nitriles is 1. The largest absolute Gasteiger partial charge is 0.455 e. The van der Waals surface area contributed by atoms with Crippen LogP contribution in [-0.2, 0) is 35.0 Å². The number of carbonyl (C=O) groups is 1. The number of pyridine rings is 1. The van der Waals surface area contributed by atoms with Gasteiger partial charge in [-0.25, -0.2) is 0 Å². The molecule has 0 amide bonds. The van der Waals surface area contributed by atoms with Crippen molar-refractivity contribution in [2.75, 3.05) is 25.2 Å². The van der Waals surface area contributed by atoms with Crippen molar-refractivity contribution in [3.05, 3.63) is 63.0 Å². The van der Waals surface area contributed by atoms with E-state index in [1.807, 2.05) is 13.8 Å². The van der Waals surface area contributed by atoms with Crippen LogP contribution in [0.5, 0.6) is 0 Å². The highest BCUT2D eigenvalue weighted by Crippen LogP contribution is 2.65. The second-order valence-corrected chi connectivity index (χ2v) is 19.4. The first kappa shape index (κ1) is 36.6. The molecule has 0 saturated carbocycles. The molecule has 2 aliphatic heterocycles. The van der Waals surface area contributed by atoms with Crippen LogP contribution < -0.4 is 0 Å². The second kappa shape index (κ2) is 12.6. The van der Waals surface area contributed by atoms with Gasteiger partial charge in [0, 0.05) is 60.0 Å². The number of ether oxygens (including phenoxy) is 3. The fraction of sp³-hybridized carbons (Fsp3) is 0.649. The van der Waals surface area contributed by atoms with Gasteiger partial charge in [0.25, 0.3) is 0 Å². The number of carbonyl (C=O) groups excluding carboxylic acids is 1. The van der Waals surface area contributed by atoms with Crippen LogP contribution in [-0.4, -0.2) is 40.9 Å². The molecule has 1 saturated heterocycles. The molecule has 1 aromatic carbocycles. The summed E-state index contributed by atoms with van der Waals surface area (Å²) in [5.41, 5.74) is 1.59. The molecule has 1 unspecified atom stereocenters. The van der Waals surface area contributed by atoms with Gasteiger partial charge in [0.15, 0.2) is 0 Å². The standard InChI is InChI=1S/C37H49F3N2O5S/c1-11-48(10,34(5,6)7)47-26-19-35(8,9)33(45-22(4)43)31-27(26)29-28(30(42-31)21(2)3)32(46-36(29)14-16-44-17-15-36)23-12-13-25(37(38,39)40)24(18-23)20-41/h12-13,18,21,26,32-33H,11,14-17,19H2,1-10H3/t26-,32+,33-/m0/s1. The molecular weight excluding hydrogens is 641 g/mol. The Labute approximate surface area is 284 Å². The van der Waals surface area contributed by atoms with Gasteiger partial charge in [-0.15, -0.1) is 10.3 Å². The number of hydrogen-bond donors (Lipinski definition) is 0. The van der Waals surface area contributed by atoms with Crippen LogP contribution in [0.2, 0.25) is 0 Å². The summed E-state index contributed by atoms with van der Waals surface area (Å²) in [4.78, 5) is 17.9. The third-order valence-corrected chi connectivity index (χ3v) is 14.8. The molecule has 48 heavy (non-hydrogen) atoms. The van der Waals surface area contributed by atoms with Crippen molar-refractivity contribution < 1.29 is 36.4 Å². The molecule has 3 heterocycles. The van der Waals surface area contributed by atoms with Gasteiger partial charge < -0.3 is 18.4 Å². The molecule has 7 nitrogen and oxygen atoms in total. The summed E-state index contributed by atoms with van der Waals surface area (Å²) < 4.78 is 67.8. The van der Waals surface area contributed by atoms with Crippen LogP contribution in [0.15, 0.2) is 18.2 Å². The average molecular weight is 691 g/mol. The number of hydrogen-bond acceptors (Lipinski definition) is 7. The summed E-state index contributed by atoms with van der Waals surface area (Å²) in [5.74, 6) is 0.309. The predicted molar refractivity (Wildman–Crippen MR) is 180 cm³/mol. The van der Waals surface area contributed by atoms with Crippen molar-refractivity contribution in [2.24, 2.45) is 5.41 Å². The van der Waals surface area contributed by atoms with E-state index in [2.05, 4.69) is 47.8 Å². The number of rotatable bonds is 6. The van der Waals surface area contributed by atoms with Gasteiger partial charge in [0.05, 0.1) is 34.6 Å². The minimum absolute atomic E-state index is 0.112. The number of esters is 1. The third kappa shape index (κ3) is 6.27. The van der Waals surface area contributed by atoms with E-state index in [-0.39, 0.29) is 10.7 Å². The van der Waals surface area contributed by atoms with E-state index in [1.54, 1.807) is 6.07 Å². The number of nitrogens with zero attached hydrogens (tertiary/aromatic N) is 2. The lowest BCUT2D eigenvalue weighted by atomic mass is 9.68. The molecule has 2 aromatic rings. The van der Waals surface area contributed by atoms with Gasteiger partial charge in [0.1, 0.15) is 12.2 Å². The minimum Gasteiger partial charge on any atom is -0.455 e. The molecule has 1 aromatic heterocycles. The zero-order valence-electron chi connectivity index (χ0n) is 29.8. The lowest BCUT2D eigenvalue weighted by Gasteiger charge is -2.52. The molecule has 264 valence electrons. The first-order valence-electron chi connectivity index (χ1n) is 16.8. The molecule has 1 spiro atoms. The van der Waals surface area contributed by atoms with Gasteiger partial charge in [-0.2, -0.15) is 18.4 Å². The SMILES string of the molecule is CCS(C)(O[C@H]1CC(C)(C)[C@@H](OC(C)=O)c2nc(C(C)C)c3c(c21)C1(CCOCC1)O[C@@H]3c1ccc(C(F)(F)F)c(C#N)c1)C(C)(C)C. The summed E-state index contributed by atoms with van der Waals surface area (Å²) in [5, 5.41) is 9.79. The first-order chi connectivity index (χ1) is 22.2. The predicted octanol–water partition coefficient (Wildman–Crippen LogP) is 9.48. The highest BCUT2D eigenvalue weighted by Gasteiger charge is 2.56. The van der Waals surface area contributed by atoms with Crippen molar-refractivity contribution >= 4 is 16.3 Å². The zero-order valence-corrected chi connectivity index (χ0v) is 30.6. The van der Waals surface area contributed by atoms with Crippen molar-refractivity contribution in [1.82, 2.24) is 4.98 Å². The average Bonchev–Trinajstić information content (AvgIpc) is 3.30. The van der Waals surface area contributed by atoms with Crippen LogP contribution in [0.1, 0.15) is 151 Å². The van der Waals surface area contributed by atoms with Crippen LogP contribution >= 0.6 is 10.3 Å². The Morgan fingerprint density at radius 2 is 1.81 bits per heavy atom. The van der Waals surface area contributed by atoms with Crippen LogP contribution in [0.3, 0.4) is 0 Å². The molecule has 0 radical (unpaired) electrons. The van der Waals surface area contributed by atoms with E-state index >= 15 is 0 Å². The molecule has 3 aliphatic rings. The Morgan fingerprint density at radius 1 is 1.17 bits per heavy atom. The Hall–Kier alpha value is -2.65. The Kier molecular flexibility index (Phi) is 9.61. The summed E-state index contributed by atoms with van der Waals surface area (Å²) in [6, 6.07) is 5.44. The quantitative estimate of drug-likeness (QED) is 0.279. The number of alkyl halides is 3. The fourth-order valence-electron chi connectivity index (χ4n) is 7.51. The molecule has 5 rings (SSSR count). The van der Waals surface area contributed by atoms with E-state index in [9.17, 15) is 23.2 Å². The lowest BCUT2D eigenvalue weighted by Crippen LogP contribution is -2.41. The highest BCUT2D eigenvalue weighted by atomic mass is 32.3. The zero-order chi connectivity index (χ0) is 35.6. The van der Waals surface area contributed by atoms with Crippen molar-refractivity contribution in [1.29, 1.82) is 5.26 Å². The van der Waals surface area contributed by atoms with Crippen molar-refractivity contribution in [3.63, 3.8) is 0 Å². The molecule has 1 fully saturated rings. The van der Waals surface area contributed by atoms with E-state index < -0.39 is 62.9 Å². The van der Waals surface area contributed by atoms with Gasteiger partial charge in [-0.05, 0) is 47.6 Å². The van der Waals surface area contributed by atoms with E-state index in [0.29, 0.717) is 43.7 Å². The highest BCUT2D eigenvalue weighted by molar-refractivity contribution is 8.30. The molecule has 0 bridgehead atoms. The van der Waals surface area contributed by atoms with Crippen LogP contribution in [0.25, 0.3) is 0 Å². The maximum atomic E-state index is 13.9. The molecule has 1 aliphatic carbocycles. The van der Waals surface area contributed by atoms with E-state index in [0.717, 1.165) is 34.2 Å². The Balaban J connectivity index is 1.87. The Morgan fingerprint density at radius 3 is 2.33 bits per heavy atom. The second-order valence-electron chi connectivity index (χ2n) is 15.4. The smallest absolute Gasteiger partial charge is 0.417 e. The number of benzene rings is 1. The summed E-state index contributed by atoms with van der Waals surface area (Å²) >= 11 is 0. The van der Waals surface area contributed by atoms with Crippen LogP contribution in [0.4, 0.5) is 13.2 Å². The first-order valence-corrected chi connectivity index (χ1v) is 18.9. The topological polar surface area (TPSA) is 90.7 Å². The van der Waals surface area contributed by atoms with E-state index in [4.69, 9.17) is 23.4 Å². The molecule has 4 atom stereocenters. The normalized spacial score (nSPS) is 25.1. The van der Waals surface area contributed by atoms with Gasteiger partial charge in [-0.3, -0.25) is 9.78 Å². The van der Waals surface area contributed by atoms with Crippen molar-refractivity contribution in [2.45, 2.75) is 122 Å². The molecule has 0 N–H and O–H groups in total. The maximum Gasteiger partial charge on any atom is 0.417 e. The van der Waals surface area contributed by atoms with Gasteiger partial charge in [-0.1, -0.05) is 61.5 Å². The lowest BCUT2D eigenvalue weighted by molar-refractivity contribution is -0.156. The molecular formula is C37H49F3N2O5S. The summed E-state index contributed by atoms with van der Waals surface area (Å²) in [7, 11) is -1.65. The maximum absolute atomic E-state index is 13.9. The monoisotopic (exact) mass is 690 g/mol. The minimum atomic E-state index is -4.67. The fourth-order valence-corrected chi connectivity index (χ4v) is 9.48. The summed E-state index contributed by atoms with van der Waals surface area (Å²) in [6.45, 7) is 19.2. The van der Waals surface area contributed by atoms with E-state index in [1.165, 1.54) is 19.1 Å². The van der Waals surface area contributed by atoms with Crippen molar-refractivity contribution in [3.8, 4) is 6.07 Å². The van der Waals surface area contributed by atoms with Gasteiger partial charge in [0.2, 0.25) is 0 Å². The number of halogens is 3.